The van der Waals surface area contributed by atoms with Crippen LogP contribution in [0.4, 0.5) is 34.1 Å². The van der Waals surface area contributed by atoms with E-state index in [2.05, 4.69) is 355 Å². The molecule has 0 spiro atoms. The summed E-state index contributed by atoms with van der Waals surface area (Å²) < 4.78 is 77.0. The van der Waals surface area contributed by atoms with Crippen molar-refractivity contribution < 1.29 is 11.0 Å². The maximum atomic E-state index is 9.81. The summed E-state index contributed by atoms with van der Waals surface area (Å²) >= 11 is 0. The highest BCUT2D eigenvalue weighted by Crippen LogP contribution is 2.54. The van der Waals surface area contributed by atoms with Gasteiger partial charge in [-0.1, -0.05) is 339 Å². The molecule has 15 aromatic carbocycles. The number of anilines is 6. The third-order valence-electron chi connectivity index (χ3n) is 21.3. The molecule has 3 heterocycles. The molecular weight excluding hydrogens is 1260 g/mol. The Hall–Kier alpha value is -12.0. The molecule has 3 nitrogen and oxygen atoms in total. The summed E-state index contributed by atoms with van der Waals surface area (Å²) in [4.78, 5) is 4.97. The summed E-state index contributed by atoms with van der Waals surface area (Å²) in [6.07, 6.45) is 0. The Kier molecular flexibility index (Phi) is 13.4. The lowest BCUT2D eigenvalue weighted by atomic mass is 9.33. The van der Waals surface area contributed by atoms with Crippen molar-refractivity contribution in [1.29, 1.82) is 0 Å². The van der Waals surface area contributed by atoms with Crippen LogP contribution in [0, 0.1) is 0 Å². The zero-order valence-electron chi connectivity index (χ0n) is 66.4. The van der Waals surface area contributed by atoms with Crippen molar-refractivity contribution in [2.45, 2.75) is 52.4 Å². The van der Waals surface area contributed by atoms with Gasteiger partial charge >= 0.3 is 0 Å². The van der Waals surface area contributed by atoms with E-state index in [4.69, 9.17) is 2.74 Å². The van der Waals surface area contributed by atoms with Gasteiger partial charge in [0.25, 0.3) is 6.71 Å². The van der Waals surface area contributed by atoms with Crippen LogP contribution in [-0.2, 0) is 10.8 Å². The first kappa shape index (κ1) is 54.8. The summed E-state index contributed by atoms with van der Waals surface area (Å²) in [5.41, 5.74) is 21.1. The van der Waals surface area contributed by atoms with E-state index in [1.54, 1.807) is 4.57 Å². The molecule has 0 N–H and O–H groups in total. The van der Waals surface area contributed by atoms with Crippen LogP contribution in [0.3, 0.4) is 0 Å². The van der Waals surface area contributed by atoms with Crippen molar-refractivity contribution in [3.63, 3.8) is 0 Å². The Morgan fingerprint density at radius 2 is 0.718 bits per heavy atom. The first-order valence-corrected chi connectivity index (χ1v) is 37.6. The van der Waals surface area contributed by atoms with E-state index in [1.807, 2.05) is 12.1 Å². The molecule has 0 saturated heterocycles. The molecule has 492 valence electrons. The van der Waals surface area contributed by atoms with Crippen LogP contribution in [0.15, 0.2) is 364 Å². The van der Waals surface area contributed by atoms with Gasteiger partial charge < -0.3 is 14.4 Å². The van der Waals surface area contributed by atoms with Gasteiger partial charge in [0.15, 0.2) is 8.07 Å². The summed E-state index contributed by atoms with van der Waals surface area (Å²) in [6.45, 7) is 13.1. The summed E-state index contributed by atoms with van der Waals surface area (Å²) in [5.74, 6) is 0. The van der Waals surface area contributed by atoms with Crippen LogP contribution < -0.4 is 46.9 Å². The Morgan fingerprint density at radius 1 is 0.301 bits per heavy atom. The minimum atomic E-state index is -2.94. The standard InChI is InChI=1S/C98H78BN3Si/c1-97(2,3)74-53-59-90(83(63-74)69-34-16-8-17-35-69)101-92-66-76(100-88-48-30-28-46-81(88)82-47-29-31-49-89(82)100)54-57-86(92)99-87-60-72(68-50-55-80(56-51-68)103(77-40-22-11-23-41-77,78-42-24-12-25-43-78)79-44-26-13-27-45-79)52-58-91(87)102(94-62-73(61-93(101)95(94)99)67-32-14-7-15-33-67)96-84(70-36-18-9-19-37-70)64-75(98(4,5)6)65-85(96)71-38-20-10-21-39-71/h7-66H,1-6H3/i28D,29D,30D,31D,46D,47D,48D,49D. The van der Waals surface area contributed by atoms with E-state index < -0.39 is 51.0 Å². The number of benzene rings is 15. The van der Waals surface area contributed by atoms with E-state index in [9.17, 15) is 8.22 Å². The second kappa shape index (κ2) is 25.2. The van der Waals surface area contributed by atoms with Gasteiger partial charge in [0.1, 0.15) is 0 Å². The molecule has 0 radical (unpaired) electrons. The third kappa shape index (κ3) is 10.7. The monoisotopic (exact) mass is 1340 g/mol. The smallest absolute Gasteiger partial charge is 0.252 e. The topological polar surface area (TPSA) is 11.4 Å². The van der Waals surface area contributed by atoms with E-state index in [-0.39, 0.29) is 44.7 Å². The van der Waals surface area contributed by atoms with E-state index >= 15 is 0 Å². The number of nitrogens with zero attached hydrogens (tertiary/aromatic N) is 3. The number of hydrogen-bond donors (Lipinski definition) is 0. The van der Waals surface area contributed by atoms with Gasteiger partial charge in [-0.15, -0.1) is 0 Å². The van der Waals surface area contributed by atoms with Crippen molar-refractivity contribution in [2.24, 2.45) is 0 Å². The summed E-state index contributed by atoms with van der Waals surface area (Å²) in [5, 5.41) is 5.14. The van der Waals surface area contributed by atoms with Crippen LogP contribution >= 0.6 is 0 Å². The highest BCUT2D eigenvalue weighted by atomic mass is 28.3. The molecule has 2 aliphatic rings. The Bertz CT molecular complexity index is 6140. The van der Waals surface area contributed by atoms with Gasteiger partial charge in [-0.25, -0.2) is 0 Å². The van der Waals surface area contributed by atoms with Gasteiger partial charge in [-0.2, -0.15) is 0 Å². The summed E-state index contributed by atoms with van der Waals surface area (Å²) in [7, 11) is -2.94. The van der Waals surface area contributed by atoms with Crippen LogP contribution in [-0.4, -0.2) is 19.4 Å². The molecule has 0 saturated carbocycles. The van der Waals surface area contributed by atoms with Gasteiger partial charge in [0.05, 0.1) is 33.4 Å². The van der Waals surface area contributed by atoms with Crippen LogP contribution in [0.2, 0.25) is 0 Å². The molecule has 0 aliphatic carbocycles. The minimum absolute atomic E-state index is 0.0135. The lowest BCUT2D eigenvalue weighted by Gasteiger charge is -2.46. The van der Waals surface area contributed by atoms with Gasteiger partial charge in [-0.05, 0) is 165 Å². The first-order valence-electron chi connectivity index (χ1n) is 39.6. The molecule has 2 aliphatic heterocycles. The number of para-hydroxylation sites is 2. The number of hydrogen-bond acceptors (Lipinski definition) is 2. The fourth-order valence-electron chi connectivity index (χ4n) is 16.3. The largest absolute Gasteiger partial charge is 0.311 e. The number of rotatable bonds is 12. The maximum Gasteiger partial charge on any atom is 0.252 e. The predicted molar refractivity (Wildman–Crippen MR) is 443 cm³/mol. The van der Waals surface area contributed by atoms with Crippen molar-refractivity contribution in [2.75, 3.05) is 9.80 Å². The molecule has 16 aromatic rings. The van der Waals surface area contributed by atoms with Crippen molar-refractivity contribution in [3.8, 4) is 61.3 Å². The quantitative estimate of drug-likeness (QED) is 0.0892. The highest BCUT2D eigenvalue weighted by Gasteiger charge is 2.46. The number of aromatic nitrogens is 1. The SMILES string of the molecule is [2H]c1c([2H])c([2H])c2c(c1[2H])c1c([2H])c([2H])c([2H])c([2H])c1n2-c1ccc2c(c1)N(c1ccc(C(C)(C)C)cc1-c1ccccc1)c1cc(-c3ccccc3)cc3c1B2c1cc(-c2ccc([Si](c4ccccc4)(c4ccccc4)c4ccccc4)cc2)ccc1N3c1c(-c2ccccc2)cc(C(C)(C)C)cc1-c1ccccc1. The Labute approximate surface area is 618 Å². The molecule has 0 atom stereocenters. The second-order valence-electron chi connectivity index (χ2n) is 29.4. The second-order valence-corrected chi connectivity index (χ2v) is 33.2. The molecule has 0 bridgehead atoms. The molecule has 0 fully saturated rings. The molecule has 1 aromatic heterocycles. The molecule has 5 heteroatoms. The van der Waals surface area contributed by atoms with Crippen molar-refractivity contribution >= 4 is 108 Å². The Morgan fingerprint density at radius 3 is 1.22 bits per heavy atom. The molecule has 103 heavy (non-hydrogen) atoms. The van der Waals surface area contributed by atoms with Crippen LogP contribution in [0.25, 0.3) is 83.1 Å². The number of fused-ring (bicyclic) bond motifs is 7. The lowest BCUT2D eigenvalue weighted by Crippen LogP contribution is -2.74. The average Bonchev–Trinajstić information content (AvgIpc) is 1.53. The van der Waals surface area contributed by atoms with E-state index in [0.717, 1.165) is 112 Å². The normalized spacial score (nSPS) is 13.8. The van der Waals surface area contributed by atoms with Gasteiger partial charge in [0.2, 0.25) is 0 Å². The predicted octanol–water partition coefficient (Wildman–Crippen LogP) is 21.2. The van der Waals surface area contributed by atoms with E-state index in [0.29, 0.717) is 5.69 Å². The third-order valence-corrected chi connectivity index (χ3v) is 26.1. The van der Waals surface area contributed by atoms with Gasteiger partial charge in [-0.3, -0.25) is 0 Å². The fraction of sp³-hybridized carbons (Fsp3) is 0.0816. The maximum absolute atomic E-state index is 9.81. The minimum Gasteiger partial charge on any atom is -0.311 e. The average molecular weight is 1340 g/mol. The van der Waals surface area contributed by atoms with Crippen LogP contribution in [0.5, 0.6) is 0 Å². The molecule has 0 unspecified atom stereocenters. The zero-order valence-corrected chi connectivity index (χ0v) is 59.4. The zero-order chi connectivity index (χ0) is 76.5. The fourth-order valence-corrected chi connectivity index (χ4v) is 21.0. The molecule has 0 amide bonds. The molecular formula is C98H78BN3Si. The first-order chi connectivity index (χ1) is 53.7. The van der Waals surface area contributed by atoms with Crippen LogP contribution in [0.1, 0.15) is 63.6 Å². The molecule has 18 rings (SSSR count). The van der Waals surface area contributed by atoms with Crippen molar-refractivity contribution in [3.05, 3.63) is 375 Å². The van der Waals surface area contributed by atoms with Crippen molar-refractivity contribution in [1.82, 2.24) is 4.57 Å². The summed E-state index contributed by atoms with van der Waals surface area (Å²) in [6, 6.07) is 111. The van der Waals surface area contributed by atoms with Gasteiger partial charge in [0, 0.05) is 55.9 Å². The van der Waals surface area contributed by atoms with E-state index in [1.165, 1.54) is 26.3 Å². The lowest BCUT2D eigenvalue weighted by molar-refractivity contribution is 0.590. The highest BCUT2D eigenvalue weighted by molar-refractivity contribution is 7.20. The Balaban J connectivity index is 0.992.